The lowest BCUT2D eigenvalue weighted by molar-refractivity contribution is 0.462. The molecule has 0 fully saturated rings. The smallest absolute Gasteiger partial charge is 0.244 e. The predicted octanol–water partition coefficient (Wildman–Crippen LogP) is 4.18. The van der Waals surface area contributed by atoms with Crippen molar-refractivity contribution < 1.29 is 4.43 Å². The van der Waals surface area contributed by atoms with Gasteiger partial charge in [-0.3, -0.25) is 0 Å². The van der Waals surface area contributed by atoms with E-state index in [2.05, 4.69) is 39.9 Å². The molecule has 0 amide bonds. The first-order chi connectivity index (χ1) is 5.98. The zero-order valence-corrected chi connectivity index (χ0v) is 10.8. The predicted molar refractivity (Wildman–Crippen MR) is 62.3 cm³/mol. The maximum atomic E-state index is 5.80. The molecule has 0 aliphatic rings. The van der Waals surface area contributed by atoms with Gasteiger partial charge in [0.15, 0.2) is 0 Å². The summed E-state index contributed by atoms with van der Waals surface area (Å²) in [5.74, 6) is 0.593. The highest BCUT2D eigenvalue weighted by Crippen LogP contribution is 2.15. The topological polar surface area (TPSA) is 9.23 Å². The van der Waals surface area contributed by atoms with Crippen LogP contribution in [0.5, 0.6) is 0 Å². The quantitative estimate of drug-likeness (QED) is 0.462. The summed E-state index contributed by atoms with van der Waals surface area (Å²) in [6.07, 6.45) is 6.61. The molecule has 0 aromatic rings. The number of unbranched alkanes of at least 4 members (excludes halogenated alkanes) is 1. The molecule has 0 bridgehead atoms. The van der Waals surface area contributed by atoms with Crippen molar-refractivity contribution in [1.29, 1.82) is 0 Å². The van der Waals surface area contributed by atoms with Gasteiger partial charge in [0.25, 0.3) is 0 Å². The largest absolute Gasteiger partial charge is 0.550 e. The minimum absolute atomic E-state index is 0.593. The van der Waals surface area contributed by atoms with Crippen LogP contribution in [0.1, 0.15) is 33.6 Å². The molecular weight excluding hydrogens is 176 g/mol. The van der Waals surface area contributed by atoms with E-state index >= 15 is 0 Å². The van der Waals surface area contributed by atoms with Crippen LogP contribution in [0.25, 0.3) is 0 Å². The Morgan fingerprint density at radius 2 is 1.92 bits per heavy atom. The summed E-state index contributed by atoms with van der Waals surface area (Å²) < 4.78 is 5.80. The van der Waals surface area contributed by atoms with Crippen LogP contribution in [0.3, 0.4) is 0 Å². The molecule has 0 spiro atoms. The van der Waals surface area contributed by atoms with Gasteiger partial charge in [-0.15, -0.1) is 0 Å². The van der Waals surface area contributed by atoms with Crippen molar-refractivity contribution in [2.45, 2.75) is 52.8 Å². The van der Waals surface area contributed by atoms with E-state index in [4.69, 9.17) is 4.43 Å². The second-order valence-electron chi connectivity index (χ2n) is 4.55. The van der Waals surface area contributed by atoms with Gasteiger partial charge in [0.05, 0.1) is 6.26 Å². The minimum Gasteiger partial charge on any atom is -0.550 e. The lowest BCUT2D eigenvalue weighted by Crippen LogP contribution is -2.27. The molecule has 78 valence electrons. The third-order valence-electron chi connectivity index (χ3n) is 1.98. The molecule has 0 aromatic carbocycles. The van der Waals surface area contributed by atoms with Crippen molar-refractivity contribution in [3.63, 3.8) is 0 Å². The molecule has 0 aromatic heterocycles. The fourth-order valence-corrected chi connectivity index (χ4v) is 2.81. The molecule has 0 unspecified atom stereocenters. The molecule has 0 saturated heterocycles. The highest BCUT2D eigenvalue weighted by Gasteiger charge is 2.21. The maximum absolute atomic E-state index is 5.80. The molecule has 0 heterocycles. The van der Waals surface area contributed by atoms with Gasteiger partial charge >= 0.3 is 0 Å². The molecule has 13 heavy (non-hydrogen) atoms. The summed E-state index contributed by atoms with van der Waals surface area (Å²) >= 11 is 0. The molecule has 0 aliphatic carbocycles. The van der Waals surface area contributed by atoms with Crippen LogP contribution in [0, 0.1) is 5.92 Å². The van der Waals surface area contributed by atoms with Crippen molar-refractivity contribution in [2.75, 3.05) is 0 Å². The first-order valence-electron chi connectivity index (χ1n) is 5.32. The second-order valence-corrected chi connectivity index (χ2v) is 8.81. The Morgan fingerprint density at radius 3 is 2.38 bits per heavy atom. The first kappa shape index (κ1) is 12.8. The van der Waals surface area contributed by atoms with Crippen molar-refractivity contribution in [1.82, 2.24) is 0 Å². The van der Waals surface area contributed by atoms with E-state index in [0.717, 1.165) is 0 Å². The maximum Gasteiger partial charge on any atom is 0.244 e. The van der Waals surface area contributed by atoms with E-state index in [1.54, 1.807) is 0 Å². The van der Waals surface area contributed by atoms with Crippen molar-refractivity contribution >= 4 is 8.32 Å². The normalized spacial score (nSPS) is 12.8. The molecule has 0 atom stereocenters. The number of hydrogen-bond donors (Lipinski definition) is 0. The summed E-state index contributed by atoms with van der Waals surface area (Å²) in [4.78, 5) is 0. The highest BCUT2D eigenvalue weighted by atomic mass is 28.4. The zero-order chi connectivity index (χ0) is 10.3. The van der Waals surface area contributed by atoms with Gasteiger partial charge in [0.1, 0.15) is 0 Å². The Balaban J connectivity index is 3.74. The third kappa shape index (κ3) is 8.10. The van der Waals surface area contributed by atoms with Gasteiger partial charge in [0, 0.05) is 0 Å². The van der Waals surface area contributed by atoms with Crippen molar-refractivity contribution in [3.05, 3.63) is 12.3 Å². The van der Waals surface area contributed by atoms with Crippen molar-refractivity contribution in [3.8, 4) is 0 Å². The molecule has 0 N–H and O–H groups in total. The van der Waals surface area contributed by atoms with E-state index in [9.17, 15) is 0 Å². The first-order valence-corrected chi connectivity index (χ1v) is 8.44. The van der Waals surface area contributed by atoms with E-state index < -0.39 is 8.32 Å². The summed E-state index contributed by atoms with van der Waals surface area (Å²) in [5.41, 5.74) is 0. The fourth-order valence-electron chi connectivity index (χ4n) is 1.04. The SMILES string of the molecule is CCCC[Si](C)(C)OC=CC(C)C. The standard InChI is InChI=1S/C11H24OSi/c1-6-7-10-13(4,5)12-9-8-11(2)3/h8-9,11H,6-7,10H2,1-5H3. The van der Waals surface area contributed by atoms with Crippen LogP contribution in [-0.4, -0.2) is 8.32 Å². The van der Waals surface area contributed by atoms with Crippen LogP contribution in [0.4, 0.5) is 0 Å². The van der Waals surface area contributed by atoms with Gasteiger partial charge in [-0.25, -0.2) is 0 Å². The van der Waals surface area contributed by atoms with Gasteiger partial charge < -0.3 is 4.43 Å². The highest BCUT2D eigenvalue weighted by molar-refractivity contribution is 6.71. The van der Waals surface area contributed by atoms with Gasteiger partial charge in [-0.2, -0.15) is 0 Å². The second kappa shape index (κ2) is 6.25. The lowest BCUT2D eigenvalue weighted by Gasteiger charge is -2.21. The van der Waals surface area contributed by atoms with Gasteiger partial charge in [-0.05, 0) is 31.1 Å². The van der Waals surface area contributed by atoms with E-state index in [1.807, 2.05) is 6.26 Å². The summed E-state index contributed by atoms with van der Waals surface area (Å²) in [5, 5.41) is 0. The van der Waals surface area contributed by atoms with E-state index in [1.165, 1.54) is 18.9 Å². The summed E-state index contributed by atoms with van der Waals surface area (Å²) in [7, 11) is -1.38. The molecule has 0 radical (unpaired) electrons. The van der Waals surface area contributed by atoms with Crippen LogP contribution in [-0.2, 0) is 4.43 Å². The number of allylic oxidation sites excluding steroid dienone is 1. The monoisotopic (exact) mass is 200 g/mol. The third-order valence-corrected chi connectivity index (χ3v) is 4.31. The average Bonchev–Trinajstić information content (AvgIpc) is 2.00. The Labute approximate surface area is 84.3 Å². The van der Waals surface area contributed by atoms with Gasteiger partial charge in [-0.1, -0.05) is 33.6 Å². The zero-order valence-electron chi connectivity index (χ0n) is 9.76. The molecule has 0 rings (SSSR count). The summed E-state index contributed by atoms with van der Waals surface area (Å²) in [6, 6.07) is 1.27. The molecule has 2 heteroatoms. The molecule has 1 nitrogen and oxygen atoms in total. The van der Waals surface area contributed by atoms with E-state index in [-0.39, 0.29) is 0 Å². The molecule has 0 saturated carbocycles. The lowest BCUT2D eigenvalue weighted by atomic mass is 10.2. The number of hydrogen-bond acceptors (Lipinski definition) is 1. The Bertz CT molecular complexity index is 150. The Kier molecular flexibility index (Phi) is 6.13. The van der Waals surface area contributed by atoms with E-state index in [0.29, 0.717) is 5.92 Å². The fraction of sp³-hybridized carbons (Fsp3) is 0.818. The Morgan fingerprint density at radius 1 is 1.31 bits per heavy atom. The van der Waals surface area contributed by atoms with Crippen LogP contribution < -0.4 is 0 Å². The minimum atomic E-state index is -1.38. The van der Waals surface area contributed by atoms with Gasteiger partial charge in [0.2, 0.25) is 8.32 Å². The Hall–Kier alpha value is -0.243. The summed E-state index contributed by atoms with van der Waals surface area (Å²) in [6.45, 7) is 11.1. The van der Waals surface area contributed by atoms with Crippen LogP contribution >= 0.6 is 0 Å². The molecular formula is C11H24OSi. The van der Waals surface area contributed by atoms with Crippen molar-refractivity contribution in [2.24, 2.45) is 5.92 Å². The van der Waals surface area contributed by atoms with Crippen LogP contribution in [0.15, 0.2) is 12.3 Å². The number of rotatable bonds is 6. The molecule has 0 aliphatic heterocycles. The van der Waals surface area contributed by atoms with Crippen LogP contribution in [0.2, 0.25) is 19.1 Å². The average molecular weight is 200 g/mol.